The summed E-state index contributed by atoms with van der Waals surface area (Å²) in [5.74, 6) is 0.490. The Kier molecular flexibility index (Phi) is 5.78. The van der Waals surface area contributed by atoms with Gasteiger partial charge in [-0.2, -0.15) is 0 Å². The number of carbonyl (C=O) groups is 1. The summed E-state index contributed by atoms with van der Waals surface area (Å²) in [6.45, 7) is 3.79. The van der Waals surface area contributed by atoms with Crippen molar-refractivity contribution in [2.24, 2.45) is 0 Å². The quantitative estimate of drug-likeness (QED) is 0.440. The van der Waals surface area contributed by atoms with E-state index in [1.54, 1.807) is 7.11 Å². The average Bonchev–Trinajstić information content (AvgIpc) is 2.59. The van der Waals surface area contributed by atoms with E-state index >= 15 is 0 Å². The summed E-state index contributed by atoms with van der Waals surface area (Å²) >= 11 is 0. The SMILES string of the molecule is C=CC(=O)OCCCc1ccc(-c2ccc(OC)cc2)cc1. The van der Waals surface area contributed by atoms with E-state index in [0.717, 1.165) is 24.2 Å². The molecule has 0 aliphatic carbocycles. The van der Waals surface area contributed by atoms with Gasteiger partial charge in [0.2, 0.25) is 0 Å². The van der Waals surface area contributed by atoms with Gasteiger partial charge in [0.05, 0.1) is 13.7 Å². The fourth-order valence-electron chi connectivity index (χ4n) is 2.16. The summed E-state index contributed by atoms with van der Waals surface area (Å²) in [6.07, 6.45) is 2.87. The molecule has 0 radical (unpaired) electrons. The molecule has 0 saturated carbocycles. The second-order valence-electron chi connectivity index (χ2n) is 4.90. The highest BCUT2D eigenvalue weighted by Gasteiger charge is 2.00. The van der Waals surface area contributed by atoms with Crippen LogP contribution in [0.4, 0.5) is 0 Å². The Morgan fingerprint density at radius 3 is 2.18 bits per heavy atom. The van der Waals surface area contributed by atoms with Crippen LogP contribution in [0.1, 0.15) is 12.0 Å². The van der Waals surface area contributed by atoms with Gasteiger partial charge >= 0.3 is 5.97 Å². The van der Waals surface area contributed by atoms with Crippen LogP contribution in [0, 0.1) is 0 Å². The molecular weight excluding hydrogens is 276 g/mol. The van der Waals surface area contributed by atoms with E-state index in [0.29, 0.717) is 6.61 Å². The maximum absolute atomic E-state index is 10.9. The third-order valence-electron chi connectivity index (χ3n) is 3.40. The van der Waals surface area contributed by atoms with Crippen molar-refractivity contribution in [3.8, 4) is 16.9 Å². The molecule has 0 aliphatic rings. The van der Waals surface area contributed by atoms with E-state index in [-0.39, 0.29) is 5.97 Å². The molecule has 0 aliphatic heterocycles. The van der Waals surface area contributed by atoms with Crippen molar-refractivity contribution in [2.45, 2.75) is 12.8 Å². The first-order chi connectivity index (χ1) is 10.7. The zero-order valence-corrected chi connectivity index (χ0v) is 12.7. The van der Waals surface area contributed by atoms with Gasteiger partial charge in [-0.05, 0) is 41.7 Å². The molecule has 22 heavy (non-hydrogen) atoms. The summed E-state index contributed by atoms with van der Waals surface area (Å²) < 4.78 is 10.1. The van der Waals surface area contributed by atoms with E-state index in [2.05, 4.69) is 30.8 Å². The van der Waals surface area contributed by atoms with Crippen LogP contribution in [-0.4, -0.2) is 19.7 Å². The molecule has 0 atom stereocenters. The van der Waals surface area contributed by atoms with E-state index in [4.69, 9.17) is 9.47 Å². The lowest BCUT2D eigenvalue weighted by Crippen LogP contribution is -2.02. The molecule has 0 bridgehead atoms. The van der Waals surface area contributed by atoms with Crippen molar-refractivity contribution < 1.29 is 14.3 Å². The van der Waals surface area contributed by atoms with Gasteiger partial charge in [0.25, 0.3) is 0 Å². The van der Waals surface area contributed by atoms with Crippen LogP contribution in [0.3, 0.4) is 0 Å². The Bertz CT molecular complexity index is 612. The van der Waals surface area contributed by atoms with Crippen molar-refractivity contribution in [3.05, 3.63) is 66.7 Å². The number of rotatable bonds is 7. The van der Waals surface area contributed by atoms with Gasteiger partial charge in [-0.3, -0.25) is 0 Å². The van der Waals surface area contributed by atoms with Gasteiger partial charge in [-0.1, -0.05) is 43.0 Å². The van der Waals surface area contributed by atoms with Gasteiger partial charge in [0.15, 0.2) is 0 Å². The average molecular weight is 296 g/mol. The highest BCUT2D eigenvalue weighted by atomic mass is 16.5. The van der Waals surface area contributed by atoms with Crippen LogP contribution < -0.4 is 4.74 Å². The molecule has 0 N–H and O–H groups in total. The van der Waals surface area contributed by atoms with Crippen LogP contribution in [0.2, 0.25) is 0 Å². The maximum Gasteiger partial charge on any atom is 0.330 e. The predicted octanol–water partition coefficient (Wildman–Crippen LogP) is 4.02. The fourth-order valence-corrected chi connectivity index (χ4v) is 2.16. The number of methoxy groups -OCH3 is 1. The third-order valence-corrected chi connectivity index (χ3v) is 3.40. The van der Waals surface area contributed by atoms with Gasteiger partial charge < -0.3 is 9.47 Å². The largest absolute Gasteiger partial charge is 0.497 e. The summed E-state index contributed by atoms with van der Waals surface area (Å²) in [5.41, 5.74) is 3.56. The van der Waals surface area contributed by atoms with E-state index < -0.39 is 0 Å². The highest BCUT2D eigenvalue weighted by Crippen LogP contribution is 2.22. The first-order valence-corrected chi connectivity index (χ1v) is 7.25. The van der Waals surface area contributed by atoms with E-state index in [1.807, 2.05) is 24.3 Å². The molecule has 0 unspecified atom stereocenters. The van der Waals surface area contributed by atoms with Crippen LogP contribution in [0.25, 0.3) is 11.1 Å². The molecule has 0 fully saturated rings. The van der Waals surface area contributed by atoms with E-state index in [1.165, 1.54) is 17.2 Å². The lowest BCUT2D eigenvalue weighted by molar-refractivity contribution is -0.137. The molecular formula is C19H20O3. The summed E-state index contributed by atoms with van der Waals surface area (Å²) in [5, 5.41) is 0. The Hall–Kier alpha value is -2.55. The number of aryl methyl sites for hydroxylation is 1. The fraction of sp³-hybridized carbons (Fsp3) is 0.211. The van der Waals surface area contributed by atoms with Crippen molar-refractivity contribution in [1.82, 2.24) is 0 Å². The highest BCUT2D eigenvalue weighted by molar-refractivity contribution is 5.81. The van der Waals surface area contributed by atoms with Crippen molar-refractivity contribution in [2.75, 3.05) is 13.7 Å². The summed E-state index contributed by atoms with van der Waals surface area (Å²) in [4.78, 5) is 10.9. The van der Waals surface area contributed by atoms with Crippen LogP contribution in [0.5, 0.6) is 5.75 Å². The number of benzene rings is 2. The molecule has 2 rings (SSSR count). The molecule has 0 spiro atoms. The number of hydrogen-bond donors (Lipinski definition) is 0. The van der Waals surface area contributed by atoms with Crippen molar-refractivity contribution in [1.29, 1.82) is 0 Å². The molecule has 2 aromatic carbocycles. The lowest BCUT2D eigenvalue weighted by atomic mass is 10.0. The minimum absolute atomic E-state index is 0.366. The molecule has 0 saturated heterocycles. The number of ether oxygens (including phenoxy) is 2. The zero-order valence-electron chi connectivity index (χ0n) is 12.7. The van der Waals surface area contributed by atoms with Gasteiger partial charge in [-0.15, -0.1) is 0 Å². The summed E-state index contributed by atoms with van der Waals surface area (Å²) in [7, 11) is 1.66. The smallest absolute Gasteiger partial charge is 0.330 e. The normalized spacial score (nSPS) is 10.0. The Labute approximate surface area is 131 Å². The van der Waals surface area contributed by atoms with Gasteiger partial charge in [-0.25, -0.2) is 4.79 Å². The molecule has 0 aromatic heterocycles. The number of carbonyl (C=O) groups excluding carboxylic acids is 1. The summed E-state index contributed by atoms with van der Waals surface area (Å²) in [6, 6.07) is 16.4. The number of esters is 1. The van der Waals surface area contributed by atoms with Crippen LogP contribution in [-0.2, 0) is 16.0 Å². The molecule has 3 heteroatoms. The first-order valence-electron chi connectivity index (χ1n) is 7.25. The molecule has 114 valence electrons. The second kappa shape index (κ2) is 8.03. The zero-order chi connectivity index (χ0) is 15.8. The predicted molar refractivity (Wildman–Crippen MR) is 87.9 cm³/mol. The minimum atomic E-state index is -0.366. The van der Waals surface area contributed by atoms with E-state index in [9.17, 15) is 4.79 Å². The lowest BCUT2D eigenvalue weighted by Gasteiger charge is -2.06. The Morgan fingerprint density at radius 2 is 1.64 bits per heavy atom. The van der Waals surface area contributed by atoms with Crippen molar-refractivity contribution >= 4 is 5.97 Å². The first kappa shape index (κ1) is 15.8. The molecule has 0 heterocycles. The Balaban J connectivity index is 1.89. The standard InChI is InChI=1S/C19H20O3/c1-3-19(20)22-14-4-5-15-6-8-16(9-7-15)17-10-12-18(21-2)13-11-17/h3,6-13H,1,4-5,14H2,2H3. The van der Waals surface area contributed by atoms with Gasteiger partial charge in [0.1, 0.15) is 5.75 Å². The molecule has 3 nitrogen and oxygen atoms in total. The van der Waals surface area contributed by atoms with Crippen LogP contribution in [0.15, 0.2) is 61.2 Å². The third kappa shape index (κ3) is 4.48. The van der Waals surface area contributed by atoms with Crippen LogP contribution >= 0.6 is 0 Å². The van der Waals surface area contributed by atoms with Crippen molar-refractivity contribution in [3.63, 3.8) is 0 Å². The Morgan fingerprint density at radius 1 is 1.05 bits per heavy atom. The molecule has 0 amide bonds. The number of hydrogen-bond acceptors (Lipinski definition) is 3. The second-order valence-corrected chi connectivity index (χ2v) is 4.90. The molecule has 2 aromatic rings. The monoisotopic (exact) mass is 296 g/mol. The minimum Gasteiger partial charge on any atom is -0.497 e. The maximum atomic E-state index is 10.9. The van der Waals surface area contributed by atoms with Gasteiger partial charge in [0, 0.05) is 6.08 Å². The topological polar surface area (TPSA) is 35.5 Å².